The smallest absolute Gasteiger partial charge is 0.335 e. The predicted octanol–water partition coefficient (Wildman–Crippen LogP) is 32.1. The second-order valence-corrected chi connectivity index (χ2v) is 35.3. The molecular formula is C115H142N8O8. The zero-order valence-electron chi connectivity index (χ0n) is 79.4. The van der Waals surface area contributed by atoms with Crippen LogP contribution >= 0.6 is 0 Å². The number of nitrogens with one attached hydrogen (secondary N) is 2. The van der Waals surface area contributed by atoms with E-state index in [1.807, 2.05) is 24.3 Å². The fourth-order valence-corrected chi connectivity index (χ4v) is 17.5. The Balaban J connectivity index is 1.07. The molecule has 690 valence electrons. The van der Waals surface area contributed by atoms with Crippen LogP contribution in [0.5, 0.6) is 34.5 Å². The van der Waals surface area contributed by atoms with Crippen molar-refractivity contribution in [1.82, 2.24) is 34.9 Å². The first-order valence-electron chi connectivity index (χ1n) is 50.1. The van der Waals surface area contributed by atoms with Gasteiger partial charge in [0.25, 0.3) is 0 Å². The van der Waals surface area contributed by atoms with Crippen LogP contribution in [0.15, 0.2) is 170 Å². The lowest BCUT2D eigenvalue weighted by Crippen LogP contribution is -2.10. The van der Waals surface area contributed by atoms with Gasteiger partial charge in [-0.2, -0.15) is 15.0 Å². The Hall–Kier alpha value is -11.8. The molecule has 2 aliphatic heterocycles. The fraction of sp³-hybridized carbons (Fsp3) is 0.435. The van der Waals surface area contributed by atoms with Crippen molar-refractivity contribution in [3.63, 3.8) is 0 Å². The second kappa shape index (κ2) is 52.3. The molecule has 2 aliphatic rings. The van der Waals surface area contributed by atoms with Crippen molar-refractivity contribution in [3.05, 3.63) is 209 Å². The van der Waals surface area contributed by atoms with Crippen molar-refractivity contribution in [2.24, 2.45) is 0 Å². The maximum Gasteiger partial charge on any atom is 0.335 e. The number of anilines is 3. The lowest BCUT2D eigenvalue weighted by atomic mass is 10.00. The highest BCUT2D eigenvalue weighted by Crippen LogP contribution is 2.48. The molecule has 7 aromatic carbocycles. The summed E-state index contributed by atoms with van der Waals surface area (Å²) in [7, 11) is 0. The van der Waals surface area contributed by atoms with Crippen LogP contribution in [0, 0.1) is 11.8 Å². The fourth-order valence-electron chi connectivity index (χ4n) is 17.5. The largest absolute Gasteiger partial charge is 0.494 e. The van der Waals surface area contributed by atoms with Crippen molar-refractivity contribution < 1.29 is 38.3 Å². The van der Waals surface area contributed by atoms with Gasteiger partial charge in [-0.3, -0.25) is 0 Å². The zero-order chi connectivity index (χ0) is 91.0. The van der Waals surface area contributed by atoms with Gasteiger partial charge in [0.1, 0.15) is 45.5 Å². The van der Waals surface area contributed by atoms with Gasteiger partial charge in [0.15, 0.2) is 0 Å². The summed E-state index contributed by atoms with van der Waals surface area (Å²) < 4.78 is 41.3. The van der Waals surface area contributed by atoms with E-state index < -0.39 is 5.97 Å². The normalized spacial score (nSPS) is 11.7. The summed E-state index contributed by atoms with van der Waals surface area (Å²) in [6, 6.07) is 58.1. The summed E-state index contributed by atoms with van der Waals surface area (Å²) in [4.78, 5) is 36.3. The van der Waals surface area contributed by atoms with E-state index in [9.17, 15) is 9.90 Å². The van der Waals surface area contributed by atoms with Gasteiger partial charge < -0.3 is 48.4 Å². The van der Waals surface area contributed by atoms with Crippen LogP contribution in [-0.2, 0) is 6.54 Å². The Labute approximate surface area is 779 Å². The van der Waals surface area contributed by atoms with Crippen molar-refractivity contribution in [1.29, 1.82) is 0 Å². The first kappa shape index (κ1) is 96.7. The summed E-state index contributed by atoms with van der Waals surface area (Å²) in [6.45, 7) is 19.8. The molecular weight excluding hydrogens is 1620 g/mol. The average Bonchev–Trinajstić information content (AvgIpc) is 1.57. The number of nitrogens with zero attached hydrogens (tertiary/aromatic N) is 6. The molecule has 0 aliphatic carbocycles. The highest BCUT2D eigenvalue weighted by atomic mass is 16.5. The van der Waals surface area contributed by atoms with Crippen molar-refractivity contribution in [3.8, 4) is 90.8 Å². The second-order valence-electron chi connectivity index (χ2n) is 35.3. The summed E-state index contributed by atoms with van der Waals surface area (Å²) in [5.74, 6) is 11.0. The first-order chi connectivity index (χ1) is 64.6. The van der Waals surface area contributed by atoms with Crippen LogP contribution in [0.4, 0.5) is 17.1 Å². The summed E-state index contributed by atoms with van der Waals surface area (Å²) in [5, 5.41) is 20.4. The molecule has 0 atom stereocenters. The molecule has 0 saturated heterocycles. The monoisotopic (exact) mass is 1760 g/mol. The zero-order valence-corrected chi connectivity index (χ0v) is 79.4. The number of aryl methyl sites for hydroxylation is 1. The number of fused-ring (bicyclic) bond motifs is 9. The van der Waals surface area contributed by atoms with E-state index in [1.54, 1.807) is 16.9 Å². The Morgan fingerprint density at radius 3 is 1.11 bits per heavy atom. The van der Waals surface area contributed by atoms with Crippen LogP contribution in [0.25, 0.3) is 102 Å². The topological polar surface area (TPSA) is 184 Å². The van der Waals surface area contributed by atoms with Gasteiger partial charge in [0.2, 0.25) is 0 Å². The molecule has 0 fully saturated rings. The van der Waals surface area contributed by atoms with Crippen molar-refractivity contribution in [2.45, 2.75) is 286 Å². The van der Waals surface area contributed by atoms with Crippen LogP contribution in [0.1, 0.15) is 324 Å². The molecule has 16 heteroatoms. The molecule has 4 aromatic heterocycles. The van der Waals surface area contributed by atoms with Gasteiger partial charge in [-0.15, -0.1) is 0 Å². The number of aromatic amines is 2. The van der Waals surface area contributed by atoms with E-state index in [-0.39, 0.29) is 5.56 Å². The number of unbranched alkanes of at least 4 members (excludes halogenated alkanes) is 29. The molecule has 0 unspecified atom stereocenters. The molecule has 8 bridgehead atoms. The third-order valence-corrected chi connectivity index (χ3v) is 24.9. The third-order valence-electron chi connectivity index (χ3n) is 24.9. The summed E-state index contributed by atoms with van der Waals surface area (Å²) in [5.41, 5.74) is 18.4. The van der Waals surface area contributed by atoms with Crippen LogP contribution in [0.2, 0.25) is 0 Å². The van der Waals surface area contributed by atoms with Gasteiger partial charge in [0.05, 0.1) is 102 Å². The highest BCUT2D eigenvalue weighted by Gasteiger charge is 2.27. The number of H-pyrrole nitrogens is 2. The number of carboxylic acids is 1. The maximum absolute atomic E-state index is 12.2. The minimum atomic E-state index is -0.986. The molecule has 0 radical (unpaired) electrons. The number of hydrogen-bond donors (Lipinski definition) is 3. The number of aromatic carboxylic acids is 1. The summed E-state index contributed by atoms with van der Waals surface area (Å²) >= 11 is 0. The molecule has 0 saturated carbocycles. The summed E-state index contributed by atoms with van der Waals surface area (Å²) in [6.07, 6.45) is 48.7. The Morgan fingerprint density at radius 2 is 0.672 bits per heavy atom. The minimum Gasteiger partial charge on any atom is -0.494 e. The lowest BCUT2D eigenvalue weighted by Gasteiger charge is -2.26. The van der Waals surface area contributed by atoms with Gasteiger partial charge in [-0.1, -0.05) is 289 Å². The van der Waals surface area contributed by atoms with Gasteiger partial charge in [-0.05, 0) is 208 Å². The van der Waals surface area contributed by atoms with Gasteiger partial charge in [-0.25, -0.2) is 14.8 Å². The molecule has 13 rings (SSSR count). The van der Waals surface area contributed by atoms with E-state index in [4.69, 9.17) is 48.6 Å². The number of ether oxygens (including phenoxy) is 6. The Morgan fingerprint density at radius 1 is 0.328 bits per heavy atom. The number of aromatic nitrogens is 7. The lowest BCUT2D eigenvalue weighted by molar-refractivity contribution is 0.0696. The molecule has 3 N–H and O–H groups in total. The predicted molar refractivity (Wildman–Crippen MR) is 545 cm³/mol. The van der Waals surface area contributed by atoms with E-state index in [0.717, 1.165) is 229 Å². The van der Waals surface area contributed by atoms with Crippen molar-refractivity contribution in [2.75, 3.05) is 44.5 Å². The molecule has 6 heterocycles. The first-order valence-corrected chi connectivity index (χ1v) is 50.1. The number of benzene rings is 7. The molecule has 0 spiro atoms. The van der Waals surface area contributed by atoms with Crippen LogP contribution in [0.3, 0.4) is 0 Å². The molecule has 16 nitrogen and oxygen atoms in total. The average molecular weight is 1760 g/mol. The van der Waals surface area contributed by atoms with Gasteiger partial charge in [0, 0.05) is 55.9 Å². The Kier molecular flexibility index (Phi) is 38.6. The molecule has 0 amide bonds. The standard InChI is InChI=1S/C115H142N8O8/c1-8-15-22-29-33-40-81-128-104-46-44-47-105(129-82-41-34-30-23-16-9-2)111(104)109-100-72-70-96(116-100)95(69-57-87-56-68-94(85-50-52-88(53-51-85)115(124)125)114-113(87)120-122(121-114)78-37-26-19-12-5)97-71-73-101(117-97)110(112-106(130-83-42-35-31-24-17-10-3)48-45-49-107(112)131-84-43-36-32-25-18-11-4)103-77-75-99(119-103)108(98-74-76-102(109)118-98)86-54-58-89(59-55-86)123(90-60-64-92(65-61-90)126-79-38-27-20-13-6)91-62-66-93(67-63-91)127-80-39-28-21-14-7/h44-56,58-68,70-77,116,119H,8-43,78-84H2,1-7H3,(H,124,125). The minimum absolute atomic E-state index is 0.206. The van der Waals surface area contributed by atoms with E-state index >= 15 is 0 Å². The number of carbonyl (C=O) groups is 1. The SMILES string of the molecule is CCCCCCCCOc1cccc(OCCCCCCCC)c1-c1c2nc(c(-c3ccc(N(c4ccc(OCCCCCC)cc4)c4ccc(OCCCCCC)cc4)cc3)c3ccc([nH]3)c(-c3c(OCCCCCCCC)cccc3OCCCCCCCC)c3nc(c(C#Cc4ccc(-c5ccc(C(=O)O)cc5)c5nn(CCCCCC)nc45)c4ccc1[nH]4)C=C3)C=C2. The van der Waals surface area contributed by atoms with E-state index in [2.05, 4.69) is 233 Å². The molecule has 11 aromatic rings. The van der Waals surface area contributed by atoms with E-state index in [1.165, 1.54) is 103 Å². The highest BCUT2D eigenvalue weighted by molar-refractivity contribution is 6.02. The number of hydrogen-bond acceptors (Lipinski definition) is 12. The maximum atomic E-state index is 12.2. The number of rotatable bonds is 57. The van der Waals surface area contributed by atoms with E-state index in [0.29, 0.717) is 108 Å². The Bertz CT molecular complexity index is 5500. The van der Waals surface area contributed by atoms with Crippen molar-refractivity contribution >= 4 is 80.4 Å². The number of carboxylic acid groups (broad SMARTS) is 1. The van der Waals surface area contributed by atoms with Gasteiger partial charge >= 0.3 is 5.97 Å². The quantitative estimate of drug-likeness (QED) is 0.0242. The van der Waals surface area contributed by atoms with Crippen LogP contribution < -0.4 is 33.3 Å². The van der Waals surface area contributed by atoms with Crippen LogP contribution in [-0.4, -0.2) is 85.6 Å². The third kappa shape index (κ3) is 27.2. The molecule has 131 heavy (non-hydrogen) atoms.